The Balaban J connectivity index is 2.89. The molecule has 6 nitrogen and oxygen atoms in total. The number of carboxylic acids is 1. The van der Waals surface area contributed by atoms with Crippen molar-refractivity contribution in [1.82, 2.24) is 15.3 Å². The molecule has 0 aliphatic rings. The third kappa shape index (κ3) is 3.13. The molecule has 0 aliphatic carbocycles. The van der Waals surface area contributed by atoms with Crippen LogP contribution in [0.4, 0.5) is 0 Å². The quantitative estimate of drug-likeness (QED) is 0.843. The molecule has 1 rings (SSSR count). The minimum absolute atomic E-state index is 0.0153. The van der Waals surface area contributed by atoms with Crippen LogP contribution in [0, 0.1) is 0 Å². The van der Waals surface area contributed by atoms with Gasteiger partial charge >= 0.3 is 5.97 Å². The van der Waals surface area contributed by atoms with Crippen LogP contribution in [0.5, 0.6) is 0 Å². The van der Waals surface area contributed by atoms with Crippen LogP contribution in [0.2, 0.25) is 5.15 Å². The van der Waals surface area contributed by atoms with Crippen LogP contribution in [0.1, 0.15) is 30.8 Å². The van der Waals surface area contributed by atoms with Gasteiger partial charge in [-0.25, -0.2) is 9.78 Å². The lowest BCUT2D eigenvalue weighted by Crippen LogP contribution is -2.51. The Morgan fingerprint density at radius 3 is 2.65 bits per heavy atom. The van der Waals surface area contributed by atoms with Gasteiger partial charge in [-0.15, -0.1) is 0 Å². The topological polar surface area (TPSA) is 92.2 Å². The number of carboxylic acid groups (broad SMARTS) is 1. The van der Waals surface area contributed by atoms with Gasteiger partial charge in [-0.05, 0) is 13.3 Å². The monoisotopic (exact) mass is 257 g/mol. The first-order valence-corrected chi connectivity index (χ1v) is 5.30. The summed E-state index contributed by atoms with van der Waals surface area (Å²) < 4.78 is 0. The Labute approximate surface area is 103 Å². The predicted octanol–water partition coefficient (Wildman–Crippen LogP) is 1.11. The minimum Gasteiger partial charge on any atom is -0.480 e. The van der Waals surface area contributed by atoms with Crippen molar-refractivity contribution in [3.8, 4) is 0 Å². The van der Waals surface area contributed by atoms with E-state index in [1.807, 2.05) is 0 Å². The summed E-state index contributed by atoms with van der Waals surface area (Å²) in [6.07, 6.45) is 2.76. The number of aromatic nitrogens is 2. The highest BCUT2D eigenvalue weighted by molar-refractivity contribution is 6.29. The van der Waals surface area contributed by atoms with Gasteiger partial charge in [-0.1, -0.05) is 18.5 Å². The molecular weight excluding hydrogens is 246 g/mol. The predicted molar refractivity (Wildman–Crippen MR) is 60.8 cm³/mol. The molecule has 92 valence electrons. The summed E-state index contributed by atoms with van der Waals surface area (Å²) in [4.78, 5) is 30.2. The second-order valence-corrected chi connectivity index (χ2v) is 4.06. The SMILES string of the molecule is CCC(C)(NC(=O)c1cncc(Cl)n1)C(=O)O. The lowest BCUT2D eigenvalue weighted by molar-refractivity contribution is -0.143. The second-order valence-electron chi connectivity index (χ2n) is 3.67. The highest BCUT2D eigenvalue weighted by Crippen LogP contribution is 2.11. The molecule has 0 saturated carbocycles. The summed E-state index contributed by atoms with van der Waals surface area (Å²) in [5.74, 6) is -1.73. The van der Waals surface area contributed by atoms with E-state index < -0.39 is 17.4 Å². The number of carbonyl (C=O) groups excluding carboxylic acids is 1. The Hall–Kier alpha value is -1.69. The van der Waals surface area contributed by atoms with Crippen LogP contribution in [0.3, 0.4) is 0 Å². The Morgan fingerprint density at radius 1 is 1.53 bits per heavy atom. The van der Waals surface area contributed by atoms with Crippen molar-refractivity contribution >= 4 is 23.5 Å². The molecule has 7 heteroatoms. The summed E-state index contributed by atoms with van der Waals surface area (Å²) in [5, 5.41) is 11.5. The highest BCUT2D eigenvalue weighted by Gasteiger charge is 2.33. The van der Waals surface area contributed by atoms with E-state index in [0.717, 1.165) is 0 Å². The Kier molecular flexibility index (Phi) is 4.01. The zero-order valence-electron chi connectivity index (χ0n) is 9.40. The van der Waals surface area contributed by atoms with Crippen molar-refractivity contribution in [2.75, 3.05) is 0 Å². The van der Waals surface area contributed by atoms with Crippen LogP contribution in [0.15, 0.2) is 12.4 Å². The molecule has 0 fully saturated rings. The van der Waals surface area contributed by atoms with Gasteiger partial charge in [-0.3, -0.25) is 9.78 Å². The molecule has 0 aliphatic heterocycles. The van der Waals surface area contributed by atoms with Gasteiger partial charge in [0.15, 0.2) is 0 Å². The first-order valence-electron chi connectivity index (χ1n) is 4.92. The molecule has 1 amide bonds. The Morgan fingerprint density at radius 2 is 2.18 bits per heavy atom. The van der Waals surface area contributed by atoms with Crippen LogP contribution in [0.25, 0.3) is 0 Å². The van der Waals surface area contributed by atoms with Crippen molar-refractivity contribution in [2.24, 2.45) is 0 Å². The van der Waals surface area contributed by atoms with E-state index >= 15 is 0 Å². The zero-order chi connectivity index (χ0) is 13.1. The van der Waals surface area contributed by atoms with Gasteiger partial charge in [-0.2, -0.15) is 0 Å². The van der Waals surface area contributed by atoms with Gasteiger partial charge in [0.25, 0.3) is 5.91 Å². The number of amides is 1. The number of aliphatic carboxylic acids is 1. The van der Waals surface area contributed by atoms with Gasteiger partial charge in [0.2, 0.25) is 0 Å². The van der Waals surface area contributed by atoms with E-state index in [1.54, 1.807) is 6.92 Å². The number of nitrogens with one attached hydrogen (secondary N) is 1. The van der Waals surface area contributed by atoms with Crippen LogP contribution >= 0.6 is 11.6 Å². The third-order valence-electron chi connectivity index (χ3n) is 2.41. The Bertz CT molecular complexity index is 452. The summed E-state index contributed by atoms with van der Waals surface area (Å²) in [6, 6.07) is 0. The lowest BCUT2D eigenvalue weighted by Gasteiger charge is -2.24. The molecule has 1 unspecified atom stereocenters. The smallest absolute Gasteiger partial charge is 0.329 e. The van der Waals surface area contributed by atoms with Crippen molar-refractivity contribution in [3.63, 3.8) is 0 Å². The summed E-state index contributed by atoms with van der Waals surface area (Å²) >= 11 is 5.59. The van der Waals surface area contributed by atoms with E-state index in [9.17, 15) is 9.59 Å². The van der Waals surface area contributed by atoms with E-state index in [-0.39, 0.29) is 17.3 Å². The second kappa shape index (κ2) is 5.09. The summed E-state index contributed by atoms with van der Waals surface area (Å²) in [6.45, 7) is 3.09. The fourth-order valence-electron chi connectivity index (χ4n) is 1.06. The summed E-state index contributed by atoms with van der Waals surface area (Å²) in [7, 11) is 0. The van der Waals surface area contributed by atoms with Gasteiger partial charge in [0.05, 0.1) is 12.4 Å². The van der Waals surface area contributed by atoms with E-state index in [0.29, 0.717) is 0 Å². The van der Waals surface area contributed by atoms with Crippen LogP contribution in [-0.2, 0) is 4.79 Å². The molecule has 0 radical (unpaired) electrons. The van der Waals surface area contributed by atoms with E-state index in [1.165, 1.54) is 19.3 Å². The number of nitrogens with zero attached hydrogens (tertiary/aromatic N) is 2. The maximum absolute atomic E-state index is 11.7. The van der Waals surface area contributed by atoms with Crippen molar-refractivity contribution in [2.45, 2.75) is 25.8 Å². The number of rotatable bonds is 4. The first-order chi connectivity index (χ1) is 7.89. The maximum atomic E-state index is 11.7. The number of hydrogen-bond donors (Lipinski definition) is 2. The molecule has 0 bridgehead atoms. The van der Waals surface area contributed by atoms with Crippen molar-refractivity contribution < 1.29 is 14.7 Å². The largest absolute Gasteiger partial charge is 0.480 e. The van der Waals surface area contributed by atoms with Gasteiger partial charge in [0, 0.05) is 0 Å². The number of carbonyl (C=O) groups is 2. The fraction of sp³-hybridized carbons (Fsp3) is 0.400. The van der Waals surface area contributed by atoms with Crippen LogP contribution < -0.4 is 5.32 Å². The molecule has 0 spiro atoms. The molecule has 1 heterocycles. The van der Waals surface area contributed by atoms with Gasteiger partial charge < -0.3 is 10.4 Å². The maximum Gasteiger partial charge on any atom is 0.329 e. The molecule has 1 aromatic rings. The van der Waals surface area contributed by atoms with E-state index in [4.69, 9.17) is 16.7 Å². The third-order valence-corrected chi connectivity index (χ3v) is 2.59. The molecule has 1 aromatic heterocycles. The molecular formula is C10H12ClN3O3. The molecule has 1 atom stereocenters. The average molecular weight is 258 g/mol. The minimum atomic E-state index is -1.33. The molecule has 0 aromatic carbocycles. The van der Waals surface area contributed by atoms with Crippen molar-refractivity contribution in [3.05, 3.63) is 23.2 Å². The van der Waals surface area contributed by atoms with E-state index in [2.05, 4.69) is 15.3 Å². The molecule has 0 saturated heterocycles. The standard InChI is InChI=1S/C10H12ClN3O3/c1-3-10(2,9(16)17)14-8(15)6-4-12-5-7(11)13-6/h4-5H,3H2,1-2H3,(H,14,15)(H,16,17). The van der Waals surface area contributed by atoms with Gasteiger partial charge in [0.1, 0.15) is 16.4 Å². The van der Waals surface area contributed by atoms with Crippen molar-refractivity contribution in [1.29, 1.82) is 0 Å². The molecule has 17 heavy (non-hydrogen) atoms. The normalized spacial score (nSPS) is 13.8. The fourth-order valence-corrected chi connectivity index (χ4v) is 1.21. The first kappa shape index (κ1) is 13.4. The van der Waals surface area contributed by atoms with Crippen LogP contribution in [-0.4, -0.2) is 32.5 Å². The highest BCUT2D eigenvalue weighted by atomic mass is 35.5. The number of halogens is 1. The number of hydrogen-bond acceptors (Lipinski definition) is 4. The average Bonchev–Trinajstić information content (AvgIpc) is 2.28. The lowest BCUT2D eigenvalue weighted by atomic mass is 9.99. The zero-order valence-corrected chi connectivity index (χ0v) is 10.2. The molecule has 2 N–H and O–H groups in total. The summed E-state index contributed by atoms with van der Waals surface area (Å²) in [5.41, 5.74) is -1.35.